The maximum atomic E-state index is 9.98. The van der Waals surface area contributed by atoms with Gasteiger partial charge < -0.3 is 4.74 Å². The van der Waals surface area contributed by atoms with E-state index >= 15 is 0 Å². The molecule has 1 atom stereocenters. The normalized spacial score (nSPS) is 14.9. The molecule has 0 amide bonds. The van der Waals surface area contributed by atoms with Gasteiger partial charge in [-0.25, -0.2) is 4.79 Å². The number of hydrogen-bond acceptors (Lipinski definition) is 2. The average molecular weight is 171 g/mol. The van der Waals surface area contributed by atoms with Crippen molar-refractivity contribution in [1.82, 2.24) is 0 Å². The molecule has 3 heteroatoms. The molecule has 2 nitrogen and oxygen atoms in total. The van der Waals surface area contributed by atoms with E-state index in [1.54, 1.807) is 0 Å². The second-order valence-electron chi connectivity index (χ2n) is 3.51. The highest BCUT2D eigenvalue weighted by atomic mass is 28.3. The molecule has 0 rings (SSSR count). The van der Waals surface area contributed by atoms with E-state index in [2.05, 4.69) is 19.6 Å². The van der Waals surface area contributed by atoms with Crippen molar-refractivity contribution in [1.29, 1.82) is 0 Å². The van der Waals surface area contributed by atoms with Gasteiger partial charge in [0.15, 0.2) is 0 Å². The fourth-order valence-corrected chi connectivity index (χ4v) is 1.90. The van der Waals surface area contributed by atoms with E-state index in [0.29, 0.717) is 0 Å². The first-order valence-electron chi connectivity index (χ1n) is 3.68. The Balaban J connectivity index is 4.20. The predicted octanol–water partition coefficient (Wildman–Crippen LogP) is 1.89. The topological polar surface area (TPSA) is 26.3 Å². The molecular formula is C8H15O2Si. The molecule has 0 aliphatic rings. The minimum Gasteiger partial charge on any atom is -0.454 e. The summed E-state index contributed by atoms with van der Waals surface area (Å²) in [7, 11) is -1.40. The lowest BCUT2D eigenvalue weighted by Crippen LogP contribution is -2.38. The van der Waals surface area contributed by atoms with Crippen molar-refractivity contribution in [2.45, 2.75) is 32.3 Å². The molecule has 0 fully saturated rings. The third-order valence-electron chi connectivity index (χ3n) is 1.40. The van der Waals surface area contributed by atoms with Crippen LogP contribution in [0.5, 0.6) is 0 Å². The van der Waals surface area contributed by atoms with Gasteiger partial charge in [0.25, 0.3) is 0 Å². The summed E-state index contributed by atoms with van der Waals surface area (Å²) in [6.07, 6.45) is 3.82. The Hall–Kier alpha value is -0.573. The molecule has 1 radical (unpaired) electrons. The van der Waals surface area contributed by atoms with Crippen LogP contribution in [0.15, 0.2) is 12.2 Å². The summed E-state index contributed by atoms with van der Waals surface area (Å²) in [5.74, 6) is 0. The van der Waals surface area contributed by atoms with Crippen LogP contribution < -0.4 is 0 Å². The molecule has 63 valence electrons. The van der Waals surface area contributed by atoms with Crippen molar-refractivity contribution in [2.24, 2.45) is 0 Å². The summed E-state index contributed by atoms with van der Waals surface area (Å²) in [6, 6.07) is 0. The van der Waals surface area contributed by atoms with Gasteiger partial charge in [0.1, 0.15) is 5.73 Å². The molecule has 11 heavy (non-hydrogen) atoms. The zero-order valence-corrected chi connectivity index (χ0v) is 8.55. The first-order valence-corrected chi connectivity index (χ1v) is 7.25. The van der Waals surface area contributed by atoms with E-state index in [9.17, 15) is 4.79 Å². The van der Waals surface area contributed by atoms with Crippen LogP contribution in [0.3, 0.4) is 0 Å². The van der Waals surface area contributed by atoms with Crippen molar-refractivity contribution in [3.05, 3.63) is 12.2 Å². The Bertz CT molecular complexity index is 147. The molecule has 0 N–H and O–H groups in total. The zero-order chi connectivity index (χ0) is 8.91. The maximum Gasteiger partial charge on any atom is 0.417 e. The first kappa shape index (κ1) is 10.4. The molecule has 0 heterocycles. The molecule has 0 aromatic heterocycles. The van der Waals surface area contributed by atoms with Gasteiger partial charge in [0.05, 0.1) is 8.07 Å². The van der Waals surface area contributed by atoms with Gasteiger partial charge >= 0.3 is 6.47 Å². The highest BCUT2D eigenvalue weighted by Gasteiger charge is 2.25. The summed E-state index contributed by atoms with van der Waals surface area (Å²) in [5.41, 5.74) is -0.0370. The largest absolute Gasteiger partial charge is 0.454 e. The highest BCUT2D eigenvalue weighted by Crippen LogP contribution is 2.11. The average Bonchev–Trinajstić information content (AvgIpc) is 1.85. The minimum atomic E-state index is -1.40. The third-order valence-corrected chi connectivity index (χ3v) is 3.41. The van der Waals surface area contributed by atoms with Crippen molar-refractivity contribution in [3.8, 4) is 0 Å². The van der Waals surface area contributed by atoms with E-state index < -0.39 is 8.07 Å². The van der Waals surface area contributed by atoms with Gasteiger partial charge in [-0.2, -0.15) is 0 Å². The smallest absolute Gasteiger partial charge is 0.417 e. The van der Waals surface area contributed by atoms with Crippen molar-refractivity contribution in [3.63, 3.8) is 0 Å². The van der Waals surface area contributed by atoms with Gasteiger partial charge in [0, 0.05) is 0 Å². The standard InChI is InChI=1S/C8H15O2Si/c1-5-6-8(10-7-9)11(2,3)4/h5-6,8H,1-4H3. The van der Waals surface area contributed by atoms with Crippen molar-refractivity contribution in [2.75, 3.05) is 0 Å². The number of carbonyl (C=O) groups excluding carboxylic acids is 1. The SMILES string of the molecule is CC=CC(O[C]=O)[Si](C)(C)C. The molecule has 1 unspecified atom stereocenters. The van der Waals surface area contributed by atoms with Crippen LogP contribution in [0.4, 0.5) is 0 Å². The van der Waals surface area contributed by atoms with Crippen LogP contribution in [0.1, 0.15) is 6.92 Å². The fraction of sp³-hybridized carbons (Fsp3) is 0.625. The second kappa shape index (κ2) is 4.33. The lowest BCUT2D eigenvalue weighted by molar-refractivity contribution is 0.274. The molecule has 0 saturated carbocycles. The quantitative estimate of drug-likeness (QED) is 0.477. The summed E-state index contributed by atoms with van der Waals surface area (Å²) in [4.78, 5) is 9.98. The lowest BCUT2D eigenvalue weighted by Gasteiger charge is -2.23. The fourth-order valence-electron chi connectivity index (χ4n) is 0.731. The van der Waals surface area contributed by atoms with Gasteiger partial charge in [-0.15, -0.1) is 0 Å². The van der Waals surface area contributed by atoms with Gasteiger partial charge in [-0.3, -0.25) is 0 Å². The van der Waals surface area contributed by atoms with Crippen molar-refractivity contribution >= 4 is 14.5 Å². The third kappa shape index (κ3) is 3.98. The summed E-state index contributed by atoms with van der Waals surface area (Å²) < 4.78 is 4.82. The Kier molecular flexibility index (Phi) is 4.11. The van der Waals surface area contributed by atoms with E-state index in [1.165, 1.54) is 6.47 Å². The van der Waals surface area contributed by atoms with Crippen LogP contribution in [-0.4, -0.2) is 20.3 Å². The van der Waals surface area contributed by atoms with E-state index in [-0.39, 0.29) is 5.73 Å². The molecule has 0 aromatic rings. The minimum absolute atomic E-state index is 0.0370. The Labute approximate surface area is 69.3 Å². The summed E-state index contributed by atoms with van der Waals surface area (Å²) in [5, 5.41) is 0. The van der Waals surface area contributed by atoms with Crippen LogP contribution in [0.2, 0.25) is 19.6 Å². The lowest BCUT2D eigenvalue weighted by atomic mass is 10.5. The summed E-state index contributed by atoms with van der Waals surface area (Å²) in [6.45, 7) is 9.85. The van der Waals surface area contributed by atoms with E-state index in [1.807, 2.05) is 19.1 Å². The second-order valence-corrected chi connectivity index (χ2v) is 8.81. The Morgan fingerprint density at radius 1 is 1.45 bits per heavy atom. The van der Waals surface area contributed by atoms with E-state index in [0.717, 1.165) is 0 Å². The van der Waals surface area contributed by atoms with Crippen LogP contribution in [0.25, 0.3) is 0 Å². The van der Waals surface area contributed by atoms with Crippen LogP contribution in [0, 0.1) is 0 Å². The molecule has 0 aliphatic carbocycles. The zero-order valence-electron chi connectivity index (χ0n) is 7.55. The summed E-state index contributed by atoms with van der Waals surface area (Å²) >= 11 is 0. The first-order chi connectivity index (χ1) is 5.02. The predicted molar refractivity (Wildman–Crippen MR) is 48.7 cm³/mol. The molecular weight excluding hydrogens is 156 g/mol. The monoisotopic (exact) mass is 171 g/mol. The molecule has 0 aromatic carbocycles. The van der Waals surface area contributed by atoms with Crippen LogP contribution >= 0.6 is 0 Å². The molecule has 0 aliphatic heterocycles. The number of ether oxygens (including phenoxy) is 1. The van der Waals surface area contributed by atoms with Gasteiger partial charge in [-0.05, 0) is 6.92 Å². The number of hydrogen-bond donors (Lipinski definition) is 0. The van der Waals surface area contributed by atoms with Gasteiger partial charge in [0.2, 0.25) is 0 Å². The van der Waals surface area contributed by atoms with E-state index in [4.69, 9.17) is 4.74 Å². The molecule has 0 bridgehead atoms. The van der Waals surface area contributed by atoms with Crippen LogP contribution in [-0.2, 0) is 9.53 Å². The van der Waals surface area contributed by atoms with Crippen molar-refractivity contribution < 1.29 is 9.53 Å². The number of allylic oxidation sites excluding steroid dienone is 1. The maximum absolute atomic E-state index is 9.98. The Morgan fingerprint density at radius 2 is 2.00 bits per heavy atom. The Morgan fingerprint density at radius 3 is 2.27 bits per heavy atom. The number of rotatable bonds is 4. The highest BCUT2D eigenvalue weighted by molar-refractivity contribution is 6.77. The van der Waals surface area contributed by atoms with Gasteiger partial charge in [-0.1, -0.05) is 31.8 Å². The molecule has 0 saturated heterocycles. The molecule has 0 spiro atoms.